The van der Waals surface area contributed by atoms with Crippen molar-refractivity contribution >= 4 is 11.7 Å². The van der Waals surface area contributed by atoms with Crippen LogP contribution in [0.1, 0.15) is 19.8 Å². The predicted octanol–water partition coefficient (Wildman–Crippen LogP) is 1.94. The number of esters is 1. The molecule has 1 unspecified atom stereocenters. The van der Waals surface area contributed by atoms with Gasteiger partial charge in [0.25, 0.3) is 5.72 Å². The van der Waals surface area contributed by atoms with Gasteiger partial charge < -0.3 is 14.4 Å². The fraction of sp³-hybridized carbons (Fsp3) is 0.462. The minimum Gasteiger partial charge on any atom is -0.462 e. The zero-order chi connectivity index (χ0) is 11.9. The molecule has 1 atom stereocenters. The number of para-hydroxylation sites is 2. The molecule has 4 heteroatoms. The van der Waals surface area contributed by atoms with Crippen molar-refractivity contribution in [1.82, 2.24) is 0 Å². The highest BCUT2D eigenvalue weighted by molar-refractivity contribution is 5.88. The molecule has 3 rings (SSSR count). The van der Waals surface area contributed by atoms with Crippen molar-refractivity contribution in [2.24, 2.45) is 0 Å². The molecule has 0 amide bonds. The molecule has 17 heavy (non-hydrogen) atoms. The minimum absolute atomic E-state index is 0.270. The number of carbonyl (C=O) groups excluding carboxylic acids is 1. The molecule has 2 heterocycles. The largest absolute Gasteiger partial charge is 0.462 e. The van der Waals surface area contributed by atoms with Gasteiger partial charge in [-0.1, -0.05) is 12.1 Å². The van der Waals surface area contributed by atoms with Crippen LogP contribution in [0.15, 0.2) is 24.3 Å². The Kier molecular flexibility index (Phi) is 2.24. The molecule has 0 bridgehead atoms. The summed E-state index contributed by atoms with van der Waals surface area (Å²) in [7, 11) is 0. The van der Waals surface area contributed by atoms with Gasteiger partial charge >= 0.3 is 5.97 Å². The topological polar surface area (TPSA) is 38.8 Å². The number of rotatable bonds is 2. The quantitative estimate of drug-likeness (QED) is 0.732. The second kappa shape index (κ2) is 3.65. The van der Waals surface area contributed by atoms with E-state index in [2.05, 4.69) is 0 Å². The number of nitrogens with zero attached hydrogens (tertiary/aromatic N) is 1. The van der Waals surface area contributed by atoms with Gasteiger partial charge in [0.2, 0.25) is 0 Å². The summed E-state index contributed by atoms with van der Waals surface area (Å²) in [5, 5.41) is 0. The first kappa shape index (κ1) is 10.4. The smallest absolute Gasteiger partial charge is 0.372 e. The number of hydrogen-bond donors (Lipinski definition) is 0. The van der Waals surface area contributed by atoms with Crippen molar-refractivity contribution < 1.29 is 14.3 Å². The third-order valence-corrected chi connectivity index (χ3v) is 3.36. The highest BCUT2D eigenvalue weighted by Crippen LogP contribution is 2.47. The van der Waals surface area contributed by atoms with Crippen molar-refractivity contribution in [3.63, 3.8) is 0 Å². The number of ether oxygens (including phenoxy) is 2. The van der Waals surface area contributed by atoms with Crippen LogP contribution in [0.25, 0.3) is 0 Å². The molecular weight excluding hydrogens is 218 g/mol. The molecule has 1 saturated heterocycles. The highest BCUT2D eigenvalue weighted by atomic mass is 16.6. The van der Waals surface area contributed by atoms with E-state index in [1.165, 1.54) is 0 Å². The number of hydrogen-bond acceptors (Lipinski definition) is 4. The first-order valence-electron chi connectivity index (χ1n) is 6.01. The molecule has 0 aliphatic carbocycles. The van der Waals surface area contributed by atoms with Crippen LogP contribution in [0.2, 0.25) is 0 Å². The maximum atomic E-state index is 12.1. The number of benzene rings is 1. The maximum Gasteiger partial charge on any atom is 0.372 e. The van der Waals surface area contributed by atoms with Gasteiger partial charge in [-0.15, -0.1) is 0 Å². The lowest BCUT2D eigenvalue weighted by molar-refractivity contribution is -0.159. The van der Waals surface area contributed by atoms with Gasteiger partial charge in [0.15, 0.2) is 0 Å². The second-order valence-corrected chi connectivity index (χ2v) is 4.33. The van der Waals surface area contributed by atoms with Crippen molar-refractivity contribution in [2.45, 2.75) is 25.5 Å². The second-order valence-electron chi connectivity index (χ2n) is 4.33. The predicted molar refractivity (Wildman–Crippen MR) is 63.0 cm³/mol. The van der Waals surface area contributed by atoms with Crippen LogP contribution < -0.4 is 9.64 Å². The molecule has 0 aromatic heterocycles. The summed E-state index contributed by atoms with van der Waals surface area (Å²) < 4.78 is 11.0. The van der Waals surface area contributed by atoms with E-state index >= 15 is 0 Å². The van der Waals surface area contributed by atoms with E-state index in [1.807, 2.05) is 36.1 Å². The average molecular weight is 233 g/mol. The van der Waals surface area contributed by atoms with E-state index in [4.69, 9.17) is 9.47 Å². The van der Waals surface area contributed by atoms with Gasteiger partial charge in [-0.05, 0) is 25.5 Å². The zero-order valence-corrected chi connectivity index (χ0v) is 9.81. The van der Waals surface area contributed by atoms with Crippen molar-refractivity contribution in [3.8, 4) is 5.75 Å². The number of carbonyl (C=O) groups is 1. The summed E-state index contributed by atoms with van der Waals surface area (Å²) in [6.45, 7) is 3.04. The lowest BCUT2D eigenvalue weighted by Crippen LogP contribution is -2.52. The van der Waals surface area contributed by atoms with Crippen molar-refractivity contribution in [2.75, 3.05) is 18.1 Å². The van der Waals surface area contributed by atoms with Gasteiger partial charge in [-0.3, -0.25) is 0 Å². The first-order chi connectivity index (χ1) is 8.28. The van der Waals surface area contributed by atoms with E-state index < -0.39 is 5.72 Å². The summed E-state index contributed by atoms with van der Waals surface area (Å²) in [6, 6.07) is 7.76. The molecule has 1 aromatic carbocycles. The summed E-state index contributed by atoms with van der Waals surface area (Å²) in [5.41, 5.74) is 0.0951. The zero-order valence-electron chi connectivity index (χ0n) is 9.81. The van der Waals surface area contributed by atoms with Crippen LogP contribution >= 0.6 is 0 Å². The normalized spacial score (nSPS) is 25.1. The Labute approximate surface area is 100 Å². The first-order valence-corrected chi connectivity index (χ1v) is 6.01. The van der Waals surface area contributed by atoms with Crippen LogP contribution in [0.3, 0.4) is 0 Å². The third kappa shape index (κ3) is 1.33. The van der Waals surface area contributed by atoms with E-state index in [0.29, 0.717) is 13.0 Å². The lowest BCUT2D eigenvalue weighted by Gasteiger charge is -2.29. The SMILES string of the molecule is CCOC(=O)C12CCCN1c1ccccc1O2. The molecule has 1 aromatic rings. The summed E-state index contributed by atoms with van der Waals surface area (Å²) in [4.78, 5) is 14.2. The molecule has 0 spiro atoms. The molecule has 0 radical (unpaired) electrons. The Bertz CT molecular complexity index is 460. The van der Waals surface area contributed by atoms with Crippen LogP contribution in [0.5, 0.6) is 5.75 Å². The number of anilines is 1. The summed E-state index contributed by atoms with van der Waals surface area (Å²) in [5.74, 6) is 0.508. The summed E-state index contributed by atoms with van der Waals surface area (Å²) in [6.07, 6.45) is 1.65. The van der Waals surface area contributed by atoms with Crippen molar-refractivity contribution in [3.05, 3.63) is 24.3 Å². The third-order valence-electron chi connectivity index (χ3n) is 3.36. The fourth-order valence-electron chi connectivity index (χ4n) is 2.66. The van der Waals surface area contributed by atoms with E-state index in [9.17, 15) is 4.79 Å². The van der Waals surface area contributed by atoms with E-state index in [0.717, 1.165) is 24.4 Å². The molecular formula is C13H15NO3. The average Bonchev–Trinajstić information content (AvgIpc) is 2.86. The monoisotopic (exact) mass is 233 g/mol. The molecule has 0 saturated carbocycles. The van der Waals surface area contributed by atoms with Crippen LogP contribution in [0, 0.1) is 0 Å². The molecule has 90 valence electrons. The lowest BCUT2D eigenvalue weighted by atomic mass is 10.1. The van der Waals surface area contributed by atoms with Gasteiger partial charge in [-0.25, -0.2) is 4.79 Å². The maximum absolute atomic E-state index is 12.1. The van der Waals surface area contributed by atoms with E-state index in [1.54, 1.807) is 0 Å². The molecule has 4 nitrogen and oxygen atoms in total. The van der Waals surface area contributed by atoms with Crippen LogP contribution in [-0.2, 0) is 9.53 Å². The molecule has 1 fully saturated rings. The molecule has 2 aliphatic heterocycles. The van der Waals surface area contributed by atoms with Gasteiger partial charge in [-0.2, -0.15) is 0 Å². The Morgan fingerprint density at radius 2 is 2.35 bits per heavy atom. The minimum atomic E-state index is -0.903. The van der Waals surface area contributed by atoms with E-state index in [-0.39, 0.29) is 5.97 Å². The molecule has 0 N–H and O–H groups in total. The summed E-state index contributed by atoms with van der Waals surface area (Å²) >= 11 is 0. The van der Waals surface area contributed by atoms with Gasteiger partial charge in [0, 0.05) is 13.0 Å². The number of fused-ring (bicyclic) bond motifs is 3. The Hall–Kier alpha value is -1.71. The van der Waals surface area contributed by atoms with Gasteiger partial charge in [0.1, 0.15) is 5.75 Å². The van der Waals surface area contributed by atoms with Gasteiger partial charge in [0.05, 0.1) is 12.3 Å². The Balaban J connectivity index is 2.00. The van der Waals surface area contributed by atoms with Crippen LogP contribution in [0.4, 0.5) is 5.69 Å². The standard InChI is InChI=1S/C13H15NO3/c1-2-16-12(15)13-8-5-9-14(13)10-6-3-4-7-11(10)17-13/h3-4,6-7H,2,5,8-9H2,1H3. The fourth-order valence-corrected chi connectivity index (χ4v) is 2.66. The van der Waals surface area contributed by atoms with Crippen LogP contribution in [-0.4, -0.2) is 24.8 Å². The Morgan fingerprint density at radius 3 is 3.18 bits per heavy atom. The Morgan fingerprint density at radius 1 is 1.53 bits per heavy atom. The molecule has 2 aliphatic rings. The highest BCUT2D eigenvalue weighted by Gasteiger charge is 2.56. The van der Waals surface area contributed by atoms with Crippen molar-refractivity contribution in [1.29, 1.82) is 0 Å².